The third-order valence-electron chi connectivity index (χ3n) is 6.61. The van der Waals surface area contributed by atoms with E-state index in [9.17, 15) is 14.4 Å². The molecular formula is C26H20Cl2N2O4. The fraction of sp³-hybridized carbons (Fsp3) is 0.192. The molecule has 172 valence electrons. The Balaban J connectivity index is 1.72. The minimum Gasteiger partial charge on any atom is -0.467 e. The number of ether oxygens (including phenoxy) is 1. The van der Waals surface area contributed by atoms with Crippen LogP contribution in [-0.4, -0.2) is 24.9 Å². The Bertz CT molecular complexity index is 1260. The van der Waals surface area contributed by atoms with E-state index >= 15 is 0 Å². The number of amides is 2. The van der Waals surface area contributed by atoms with Crippen molar-refractivity contribution in [3.63, 3.8) is 0 Å². The molecule has 2 heterocycles. The molecule has 0 bridgehead atoms. The number of carbonyl (C=O) groups excluding carboxylic acids is 3. The SMILES string of the molecule is COC(=O)[C@]1(c2ccccc2)N[C@H](c2ccc(Cl)cc2)[C@H]2C(=O)N(c3ccc(Cl)cc3)C(=O)[C@H]21. The van der Waals surface area contributed by atoms with Crippen molar-refractivity contribution in [1.82, 2.24) is 5.32 Å². The predicted molar refractivity (Wildman–Crippen MR) is 128 cm³/mol. The van der Waals surface area contributed by atoms with Gasteiger partial charge in [0.05, 0.1) is 24.6 Å². The van der Waals surface area contributed by atoms with Crippen molar-refractivity contribution in [3.05, 3.63) is 100 Å². The summed E-state index contributed by atoms with van der Waals surface area (Å²) >= 11 is 12.1. The Kier molecular flexibility index (Phi) is 5.68. The minimum absolute atomic E-state index is 0.397. The third kappa shape index (κ3) is 3.33. The van der Waals surface area contributed by atoms with Crippen LogP contribution in [0.15, 0.2) is 78.9 Å². The highest BCUT2D eigenvalue weighted by Crippen LogP contribution is 2.54. The van der Waals surface area contributed by atoms with Crippen LogP contribution in [0.25, 0.3) is 0 Å². The summed E-state index contributed by atoms with van der Waals surface area (Å²) in [4.78, 5) is 42.3. The summed E-state index contributed by atoms with van der Waals surface area (Å²) in [5.74, 6) is -3.37. The largest absolute Gasteiger partial charge is 0.467 e. The van der Waals surface area contributed by atoms with Crippen molar-refractivity contribution in [2.24, 2.45) is 11.8 Å². The quantitative estimate of drug-likeness (QED) is 0.426. The highest BCUT2D eigenvalue weighted by molar-refractivity contribution is 6.31. The number of anilines is 1. The van der Waals surface area contributed by atoms with E-state index in [-0.39, 0.29) is 0 Å². The second-order valence-electron chi connectivity index (χ2n) is 8.33. The number of methoxy groups -OCH3 is 1. The van der Waals surface area contributed by atoms with E-state index < -0.39 is 41.2 Å². The molecule has 0 aliphatic carbocycles. The molecule has 2 aliphatic heterocycles. The van der Waals surface area contributed by atoms with E-state index in [4.69, 9.17) is 27.9 Å². The Labute approximate surface area is 206 Å². The maximum Gasteiger partial charge on any atom is 0.331 e. The van der Waals surface area contributed by atoms with Crippen molar-refractivity contribution >= 4 is 46.7 Å². The van der Waals surface area contributed by atoms with Crippen LogP contribution in [0.2, 0.25) is 10.0 Å². The highest BCUT2D eigenvalue weighted by atomic mass is 35.5. The van der Waals surface area contributed by atoms with Gasteiger partial charge in [-0.05, 0) is 47.5 Å². The first-order chi connectivity index (χ1) is 16.4. The van der Waals surface area contributed by atoms with E-state index in [1.54, 1.807) is 72.8 Å². The van der Waals surface area contributed by atoms with Gasteiger partial charge in [-0.2, -0.15) is 0 Å². The van der Waals surface area contributed by atoms with Crippen LogP contribution in [0, 0.1) is 11.8 Å². The van der Waals surface area contributed by atoms with Gasteiger partial charge in [0, 0.05) is 16.1 Å². The van der Waals surface area contributed by atoms with E-state index in [2.05, 4.69) is 5.32 Å². The summed E-state index contributed by atoms with van der Waals surface area (Å²) in [6.45, 7) is 0. The van der Waals surface area contributed by atoms with Crippen LogP contribution in [0.3, 0.4) is 0 Å². The lowest BCUT2D eigenvalue weighted by molar-refractivity contribution is -0.152. The molecular weight excluding hydrogens is 475 g/mol. The number of imide groups is 1. The zero-order valence-corrected chi connectivity index (χ0v) is 19.6. The number of benzene rings is 3. The van der Waals surface area contributed by atoms with E-state index in [1.165, 1.54) is 7.11 Å². The van der Waals surface area contributed by atoms with Gasteiger partial charge in [0.15, 0.2) is 5.54 Å². The smallest absolute Gasteiger partial charge is 0.331 e. The molecule has 8 heteroatoms. The number of nitrogens with zero attached hydrogens (tertiary/aromatic N) is 1. The normalized spacial score (nSPS) is 26.0. The number of halogens is 2. The number of carbonyl (C=O) groups is 3. The summed E-state index contributed by atoms with van der Waals surface area (Å²) in [6.07, 6.45) is 0. The lowest BCUT2D eigenvalue weighted by atomic mass is 9.75. The van der Waals surface area contributed by atoms with Crippen LogP contribution in [0.1, 0.15) is 17.2 Å². The molecule has 0 aromatic heterocycles. The zero-order valence-electron chi connectivity index (χ0n) is 18.1. The first-order valence-corrected chi connectivity index (χ1v) is 11.4. The molecule has 2 fully saturated rings. The summed E-state index contributed by atoms with van der Waals surface area (Å²) in [5, 5.41) is 4.37. The summed E-state index contributed by atoms with van der Waals surface area (Å²) in [6, 6.07) is 21.7. The highest BCUT2D eigenvalue weighted by Gasteiger charge is 2.69. The van der Waals surface area contributed by atoms with E-state index in [1.807, 2.05) is 6.07 Å². The second-order valence-corrected chi connectivity index (χ2v) is 9.20. The molecule has 1 N–H and O–H groups in total. The van der Waals surface area contributed by atoms with Crippen LogP contribution in [0.5, 0.6) is 0 Å². The number of nitrogens with one attached hydrogen (secondary N) is 1. The molecule has 5 rings (SSSR count). The standard InChI is InChI=1S/C26H20Cl2N2O4/c1-34-25(33)26(16-5-3-2-4-6-16)21-20(22(29-26)15-7-9-17(27)10-8-15)23(31)30(24(21)32)19-13-11-18(28)12-14-19/h2-14,20-22,29H,1H3/t20-,21-,22+,26+/m0/s1. The Morgan fingerprint density at radius 2 is 1.47 bits per heavy atom. The van der Waals surface area contributed by atoms with Crippen molar-refractivity contribution in [2.75, 3.05) is 12.0 Å². The van der Waals surface area contributed by atoms with Gasteiger partial charge in [0.1, 0.15) is 0 Å². The number of hydrogen-bond donors (Lipinski definition) is 1. The summed E-state index contributed by atoms with van der Waals surface area (Å²) in [5.41, 5.74) is 0.127. The number of fused-ring (bicyclic) bond motifs is 1. The van der Waals surface area contributed by atoms with E-state index in [0.29, 0.717) is 21.3 Å². The topological polar surface area (TPSA) is 75.7 Å². The molecule has 2 saturated heterocycles. The lowest BCUT2D eigenvalue weighted by Gasteiger charge is -2.33. The van der Waals surface area contributed by atoms with Crippen LogP contribution < -0.4 is 10.2 Å². The summed E-state index contributed by atoms with van der Waals surface area (Å²) < 4.78 is 5.22. The van der Waals surface area contributed by atoms with Crippen LogP contribution >= 0.6 is 23.2 Å². The van der Waals surface area contributed by atoms with Gasteiger partial charge in [0.25, 0.3) is 0 Å². The van der Waals surface area contributed by atoms with Gasteiger partial charge in [-0.15, -0.1) is 0 Å². The molecule has 3 aromatic rings. The Hall–Kier alpha value is -3.19. The maximum absolute atomic E-state index is 13.9. The molecule has 0 radical (unpaired) electrons. The molecule has 4 atom stereocenters. The van der Waals surface area contributed by atoms with Crippen LogP contribution in [0.4, 0.5) is 5.69 Å². The molecule has 2 amide bonds. The monoisotopic (exact) mass is 494 g/mol. The minimum atomic E-state index is -1.56. The average molecular weight is 495 g/mol. The van der Waals surface area contributed by atoms with Gasteiger partial charge in [0.2, 0.25) is 11.8 Å². The molecule has 2 aliphatic rings. The van der Waals surface area contributed by atoms with E-state index in [0.717, 1.165) is 10.5 Å². The molecule has 6 nitrogen and oxygen atoms in total. The van der Waals surface area contributed by atoms with Crippen molar-refractivity contribution in [1.29, 1.82) is 0 Å². The molecule has 0 unspecified atom stereocenters. The fourth-order valence-electron chi connectivity index (χ4n) is 5.14. The molecule has 0 spiro atoms. The van der Waals surface area contributed by atoms with Gasteiger partial charge >= 0.3 is 5.97 Å². The van der Waals surface area contributed by atoms with Gasteiger partial charge in [-0.3, -0.25) is 14.9 Å². The van der Waals surface area contributed by atoms with Gasteiger partial charge < -0.3 is 4.74 Å². The molecule has 3 aromatic carbocycles. The Morgan fingerprint density at radius 3 is 2.06 bits per heavy atom. The van der Waals surface area contributed by atoms with Crippen molar-refractivity contribution in [3.8, 4) is 0 Å². The number of hydrogen-bond acceptors (Lipinski definition) is 5. The van der Waals surface area contributed by atoms with Crippen LogP contribution in [-0.2, 0) is 24.7 Å². The maximum atomic E-state index is 13.9. The van der Waals surface area contributed by atoms with Crippen molar-refractivity contribution in [2.45, 2.75) is 11.6 Å². The molecule has 0 saturated carbocycles. The third-order valence-corrected chi connectivity index (χ3v) is 7.11. The zero-order chi connectivity index (χ0) is 24.0. The first-order valence-electron chi connectivity index (χ1n) is 10.7. The number of esters is 1. The van der Waals surface area contributed by atoms with Gasteiger partial charge in [-0.25, -0.2) is 9.69 Å². The average Bonchev–Trinajstić information content (AvgIpc) is 3.35. The molecule has 34 heavy (non-hydrogen) atoms. The van der Waals surface area contributed by atoms with Crippen molar-refractivity contribution < 1.29 is 19.1 Å². The first kappa shape index (κ1) is 22.6. The lowest BCUT2D eigenvalue weighted by Crippen LogP contribution is -2.53. The van der Waals surface area contributed by atoms with Gasteiger partial charge in [-0.1, -0.05) is 65.7 Å². The second kappa shape index (κ2) is 8.55. The summed E-state index contributed by atoms with van der Waals surface area (Å²) in [7, 11) is 1.28. The predicted octanol–water partition coefficient (Wildman–Crippen LogP) is 4.51. The number of rotatable bonds is 4. The fourth-order valence-corrected chi connectivity index (χ4v) is 5.39. The Morgan fingerprint density at radius 1 is 0.882 bits per heavy atom.